The maximum Gasteiger partial charge on any atom is 0.330 e. The number of halogens is 8. The highest BCUT2D eigenvalue weighted by Gasteiger charge is 2.39. The molecule has 0 saturated carbocycles. The Kier molecular flexibility index (Phi) is 32.6. The number of nitrogens with one attached hydrogen (secondary N) is 4. The molecular weight excluding hydrogens is 1720 g/mol. The highest BCUT2D eigenvalue weighted by Crippen LogP contribution is 2.40. The number of aliphatic hydroxyl groups excluding tert-OH is 2. The first kappa shape index (κ1) is 94.5. The van der Waals surface area contributed by atoms with E-state index in [0.717, 1.165) is 190 Å². The van der Waals surface area contributed by atoms with Gasteiger partial charge in [0.2, 0.25) is 37.8 Å². The summed E-state index contributed by atoms with van der Waals surface area (Å²) >= 11 is 12.0. The van der Waals surface area contributed by atoms with E-state index in [9.17, 15) is 72.6 Å². The Morgan fingerprint density at radius 1 is 0.441 bits per heavy atom. The number of H-pyrrole nitrogens is 2. The van der Waals surface area contributed by atoms with Crippen molar-refractivity contribution in [3.8, 4) is 0 Å². The van der Waals surface area contributed by atoms with Crippen molar-refractivity contribution >= 4 is 124 Å². The van der Waals surface area contributed by atoms with Gasteiger partial charge in [-0.05, 0) is 301 Å². The number of likely N-dealkylation sites (tertiary alicyclic amines) is 6. The first-order chi connectivity index (χ1) is 60.9. The highest BCUT2D eigenvalue weighted by atomic mass is 35.5. The zero-order chi connectivity index (χ0) is 90.1. The van der Waals surface area contributed by atoms with Crippen molar-refractivity contribution < 1.29 is 77.3 Å². The Bertz CT molecular complexity index is 5620. The predicted molar refractivity (Wildman–Crippen MR) is 484 cm³/mol. The van der Waals surface area contributed by atoms with Crippen LogP contribution >= 0.6 is 23.2 Å². The largest absolute Gasteiger partial charge is 0.461 e. The van der Waals surface area contributed by atoms with Crippen LogP contribution in [0.25, 0.3) is 46.1 Å². The lowest BCUT2D eigenvalue weighted by Gasteiger charge is -2.43. The molecule has 0 spiro atoms. The van der Waals surface area contributed by atoms with E-state index in [0.29, 0.717) is 116 Å². The lowest BCUT2D eigenvalue weighted by molar-refractivity contribution is -0.141. The average molecular weight is 1830 g/mol. The lowest BCUT2D eigenvalue weighted by atomic mass is 9.84. The molecule has 9 aromatic rings. The summed E-state index contributed by atoms with van der Waals surface area (Å²) in [5.41, 5.74) is 7.97. The monoisotopic (exact) mass is 1830 g/mol. The highest BCUT2D eigenvalue weighted by molar-refractivity contribution is 7.92. The van der Waals surface area contributed by atoms with Crippen molar-refractivity contribution in [3.05, 3.63) is 254 Å². The first-order valence-corrected chi connectivity index (χ1v) is 47.6. The topological polar surface area (TPSA) is 274 Å². The number of piperidine rings is 6. The van der Waals surface area contributed by atoms with Gasteiger partial charge in [0.25, 0.3) is 0 Å². The number of carbonyl (C=O) groups excluding carboxylic acids is 4. The number of hydrogen-bond donors (Lipinski definition) is 6. The van der Waals surface area contributed by atoms with E-state index >= 15 is 0 Å². The molecule has 3 amide bonds. The van der Waals surface area contributed by atoms with E-state index in [-0.39, 0.29) is 78.6 Å². The number of aliphatic hydroxyl groups is 2. The zero-order valence-electron chi connectivity index (χ0n) is 70.8. The van der Waals surface area contributed by atoms with Gasteiger partial charge >= 0.3 is 5.97 Å². The Labute approximate surface area is 746 Å². The smallest absolute Gasteiger partial charge is 0.330 e. The number of ether oxygens (including phenoxy) is 1. The summed E-state index contributed by atoms with van der Waals surface area (Å²) in [7, 11) is -6.79. The van der Waals surface area contributed by atoms with Crippen LogP contribution in [0, 0.1) is 52.7 Å². The number of fused-ring (bicyclic) bond motifs is 2. The number of aromatic amines is 2. The van der Waals surface area contributed by atoms with Gasteiger partial charge in [-0.1, -0.05) is 35.3 Å². The SMILES string of the molecule is CS(=O)(=O)Nc1ccc2[nH]cc(C3CCN(C(CO)C4CCN(C(=O)/C=C/c5ccc(Cl)c(Cl)c5)CC4)CC3)c2c1.CS(=O)(=O)Nc1ccc2[nH]cc(C3CCN(C(COC(=O)/C=C/c4cc(F)cc(F)c4)C4CCN(C(=O)/C=C/c5cc(F)cc(F)c5)CC4)CC3)c2c1.O=C(/C=C/c1cc(F)cc(F)c1)N1CCC(C(CO)N2CCC(c3ccccn3)CC2)CC1. The molecule has 32 heteroatoms. The van der Waals surface area contributed by atoms with Crippen LogP contribution in [0.4, 0.5) is 37.7 Å². The number of nitrogens with zero attached hydrogens (tertiary/aromatic N) is 7. The third kappa shape index (κ3) is 26.5. The van der Waals surface area contributed by atoms with Gasteiger partial charge in [0.05, 0.1) is 35.8 Å². The number of amides is 3. The summed E-state index contributed by atoms with van der Waals surface area (Å²) in [5.74, 6) is -3.65. The second-order valence-electron chi connectivity index (χ2n) is 33.7. The average Bonchev–Trinajstić information content (AvgIpc) is 1.44. The fraction of sp³-hybridized carbons (Fsp3) is 0.400. The van der Waals surface area contributed by atoms with Crippen molar-refractivity contribution in [2.24, 2.45) is 17.8 Å². The Morgan fingerprint density at radius 3 is 1.17 bits per heavy atom. The number of rotatable bonds is 25. The quantitative estimate of drug-likeness (QED) is 0.0176. The molecule has 22 nitrogen and oxygen atoms in total. The number of pyridine rings is 1. The van der Waals surface area contributed by atoms with E-state index in [1.54, 1.807) is 46.2 Å². The van der Waals surface area contributed by atoms with Crippen molar-refractivity contribution in [2.75, 3.05) is 120 Å². The molecule has 6 aliphatic rings. The summed E-state index contributed by atoms with van der Waals surface area (Å²) in [4.78, 5) is 74.7. The molecule has 6 fully saturated rings. The molecule has 0 bridgehead atoms. The summed E-state index contributed by atoms with van der Waals surface area (Å²) in [6.45, 7) is 8.81. The van der Waals surface area contributed by atoms with Crippen molar-refractivity contribution in [2.45, 2.75) is 113 Å². The first-order valence-electron chi connectivity index (χ1n) is 43.1. The van der Waals surface area contributed by atoms with Gasteiger partial charge in [0.1, 0.15) is 41.5 Å². The molecule has 0 radical (unpaired) electrons. The molecule has 676 valence electrons. The number of hydrogen-bond acceptors (Lipinski definition) is 15. The predicted octanol–water partition coefficient (Wildman–Crippen LogP) is 16.0. The number of aromatic nitrogens is 3. The van der Waals surface area contributed by atoms with Gasteiger partial charge in [-0.3, -0.25) is 43.5 Å². The molecule has 127 heavy (non-hydrogen) atoms. The Balaban J connectivity index is 0.000000168. The molecule has 6 aromatic carbocycles. The van der Waals surface area contributed by atoms with E-state index < -0.39 is 60.9 Å². The number of carbonyl (C=O) groups is 4. The molecule has 0 aliphatic carbocycles. The van der Waals surface area contributed by atoms with Crippen LogP contribution in [0.3, 0.4) is 0 Å². The molecule has 6 saturated heterocycles. The van der Waals surface area contributed by atoms with Gasteiger partial charge in [-0.25, -0.2) is 48.0 Å². The zero-order valence-corrected chi connectivity index (χ0v) is 73.9. The van der Waals surface area contributed by atoms with Gasteiger partial charge in [-0.2, -0.15) is 0 Å². The third-order valence-electron chi connectivity index (χ3n) is 25.2. The standard InChI is InChI=1S/C39H40F4N4O5S.C30H36Cl2N4O4S.C26H31F2N3O2/c1-53(50,51)45-33-4-5-36-34(22-33)35(23-44-36)27-8-12-46(13-9-27)37(24-52-39(49)7-3-26-18-31(42)21-32(43)19-26)28-10-14-47(15-11-28)38(48)6-2-25-16-29(40)20-30(41)17-25;1-41(39,40)34-23-4-6-28-24(17-23)25(18-33-28)21-8-12-35(13-9-21)29(19-37)22-10-14-36(15-11-22)30(38)7-3-20-2-5-26(31)27(32)16-20;27-22-15-19(16-23(28)17-22)4-5-26(33)31-13-8-21(9-14-31)25(18-32)30-11-6-20(7-12-30)24-3-1-2-10-29-24/h2-7,16-23,27-28,37,44-45H,8-15,24H2,1H3;2-7,16-18,21-22,29,33-34,37H,8-15,19H2,1H3;1-5,10,15-17,20-21,25,32H,6-9,11-14,18H2/b6-2+,7-3+;7-3+;5-4+. The van der Waals surface area contributed by atoms with E-state index in [2.05, 4.69) is 45.2 Å². The summed E-state index contributed by atoms with van der Waals surface area (Å²) in [6.07, 6.45) is 29.7. The molecule has 15 rings (SSSR count). The molecule has 3 aromatic heterocycles. The van der Waals surface area contributed by atoms with Crippen LogP contribution in [0.5, 0.6) is 0 Å². The summed E-state index contributed by atoms with van der Waals surface area (Å²) in [5, 5.41) is 23.4. The van der Waals surface area contributed by atoms with Gasteiger partial charge in [-0.15, -0.1) is 0 Å². The molecule has 6 aliphatic heterocycles. The van der Waals surface area contributed by atoms with E-state index in [1.165, 1.54) is 48.1 Å². The van der Waals surface area contributed by atoms with Crippen molar-refractivity contribution in [1.82, 2.24) is 44.4 Å². The Hall–Kier alpha value is -10.2. The fourth-order valence-corrected chi connectivity index (χ4v) is 20.2. The Morgan fingerprint density at radius 2 is 0.803 bits per heavy atom. The summed E-state index contributed by atoms with van der Waals surface area (Å²) in [6, 6.07) is 31.5. The van der Waals surface area contributed by atoms with Crippen LogP contribution in [0.2, 0.25) is 10.0 Å². The minimum Gasteiger partial charge on any atom is -0.461 e. The van der Waals surface area contributed by atoms with Crippen molar-refractivity contribution in [3.63, 3.8) is 0 Å². The maximum absolute atomic E-state index is 13.6. The minimum atomic E-state index is -3.44. The maximum atomic E-state index is 13.6. The van der Waals surface area contributed by atoms with E-state index in [4.69, 9.17) is 27.9 Å². The molecule has 6 N–H and O–H groups in total. The van der Waals surface area contributed by atoms with Crippen LogP contribution < -0.4 is 9.44 Å². The number of sulfonamides is 2. The fourth-order valence-electron chi connectivity index (χ4n) is 18.8. The lowest BCUT2D eigenvalue weighted by Crippen LogP contribution is -2.51. The minimum absolute atomic E-state index is 0.0236. The van der Waals surface area contributed by atoms with Crippen LogP contribution in [0.15, 0.2) is 170 Å². The molecule has 3 unspecified atom stereocenters. The molecular formula is C95H107Cl2F6N11O11S2. The van der Waals surface area contributed by atoms with Crippen LogP contribution in [-0.2, 0) is 44.0 Å². The van der Waals surface area contributed by atoms with E-state index in [1.807, 2.05) is 66.0 Å². The summed E-state index contributed by atoms with van der Waals surface area (Å²) < 4.78 is 139. The third-order valence-corrected chi connectivity index (χ3v) is 27.2. The number of anilines is 2. The molecule has 3 atom stereocenters. The normalized spacial score (nSPS) is 18.4. The van der Waals surface area contributed by atoms with Gasteiger partial charge in [0, 0.05) is 163 Å². The van der Waals surface area contributed by atoms with Crippen molar-refractivity contribution in [1.29, 1.82) is 0 Å². The number of benzene rings is 6. The van der Waals surface area contributed by atoms with Crippen LogP contribution in [-0.4, -0.2) is 224 Å². The van der Waals surface area contributed by atoms with Gasteiger partial charge < -0.3 is 39.6 Å². The molecule has 9 heterocycles. The number of esters is 1. The van der Waals surface area contributed by atoms with Gasteiger partial charge in [0.15, 0.2) is 0 Å². The van der Waals surface area contributed by atoms with Crippen LogP contribution in [0.1, 0.15) is 134 Å². The second-order valence-corrected chi connectivity index (χ2v) is 38.1. The second kappa shape index (κ2) is 43.8.